The zero-order valence-electron chi connectivity index (χ0n) is 12.4. The molecule has 8 heteroatoms. The average Bonchev–Trinajstić information content (AvgIpc) is 3.18. The van der Waals surface area contributed by atoms with Crippen LogP contribution in [0.1, 0.15) is 38.0 Å². The summed E-state index contributed by atoms with van der Waals surface area (Å²) in [6, 6.07) is 3.52. The van der Waals surface area contributed by atoms with E-state index in [2.05, 4.69) is 10.2 Å². The van der Waals surface area contributed by atoms with Crippen molar-refractivity contribution in [2.45, 2.75) is 32.1 Å². The molecule has 3 heterocycles. The third-order valence-corrected chi connectivity index (χ3v) is 5.91. The Bertz CT molecular complexity index is 700. The van der Waals surface area contributed by atoms with Crippen LogP contribution >= 0.6 is 0 Å². The van der Waals surface area contributed by atoms with Gasteiger partial charge in [0.2, 0.25) is 15.9 Å². The van der Waals surface area contributed by atoms with Crippen LogP contribution in [-0.2, 0) is 10.0 Å². The van der Waals surface area contributed by atoms with Crippen LogP contribution in [0.2, 0.25) is 0 Å². The minimum absolute atomic E-state index is 0.101. The first-order valence-corrected chi connectivity index (χ1v) is 9.06. The van der Waals surface area contributed by atoms with Crippen LogP contribution in [0.25, 0.3) is 11.7 Å². The molecule has 3 rings (SSSR count). The molecule has 1 aliphatic heterocycles. The SMILES string of the molecule is CCCS(=O)(=O)N1CCC(c2nnc(-c3ccco3)o2)CC1. The number of hydrogen-bond acceptors (Lipinski definition) is 6. The molecule has 22 heavy (non-hydrogen) atoms. The Morgan fingerprint density at radius 2 is 2.09 bits per heavy atom. The molecular weight excluding hydrogens is 306 g/mol. The summed E-state index contributed by atoms with van der Waals surface area (Å²) in [7, 11) is -3.12. The third-order valence-electron chi connectivity index (χ3n) is 3.83. The Morgan fingerprint density at radius 3 is 2.73 bits per heavy atom. The molecular formula is C14H19N3O4S. The Kier molecular flexibility index (Phi) is 4.30. The fourth-order valence-electron chi connectivity index (χ4n) is 2.67. The van der Waals surface area contributed by atoms with Crippen LogP contribution in [0.15, 0.2) is 27.2 Å². The van der Waals surface area contributed by atoms with Gasteiger partial charge in [0.1, 0.15) is 0 Å². The maximum absolute atomic E-state index is 12.1. The first-order chi connectivity index (χ1) is 10.6. The van der Waals surface area contributed by atoms with Crippen molar-refractivity contribution >= 4 is 10.0 Å². The topological polar surface area (TPSA) is 89.4 Å². The molecule has 1 aliphatic rings. The summed E-state index contributed by atoms with van der Waals surface area (Å²) in [5.74, 6) is 1.77. The van der Waals surface area contributed by atoms with Gasteiger partial charge in [0.15, 0.2) is 5.76 Å². The monoisotopic (exact) mass is 325 g/mol. The number of sulfonamides is 1. The van der Waals surface area contributed by atoms with Gasteiger partial charge in [-0.2, -0.15) is 0 Å². The molecule has 0 radical (unpaired) electrons. The number of aromatic nitrogens is 2. The van der Waals surface area contributed by atoms with Crippen molar-refractivity contribution < 1.29 is 17.3 Å². The number of nitrogens with zero attached hydrogens (tertiary/aromatic N) is 3. The predicted octanol–water partition coefficient (Wildman–Crippen LogP) is 2.25. The first-order valence-electron chi connectivity index (χ1n) is 7.45. The molecule has 0 aliphatic carbocycles. The van der Waals surface area contributed by atoms with Crippen LogP contribution in [0.5, 0.6) is 0 Å². The van der Waals surface area contributed by atoms with Gasteiger partial charge in [0.25, 0.3) is 5.89 Å². The number of furan rings is 1. The second-order valence-corrected chi connectivity index (χ2v) is 7.50. The van der Waals surface area contributed by atoms with Gasteiger partial charge in [-0.1, -0.05) is 6.92 Å². The van der Waals surface area contributed by atoms with E-state index in [1.54, 1.807) is 22.7 Å². The summed E-state index contributed by atoms with van der Waals surface area (Å²) in [6.07, 6.45) is 3.58. The smallest absolute Gasteiger partial charge is 0.283 e. The molecule has 0 unspecified atom stereocenters. The number of rotatable bonds is 5. The van der Waals surface area contributed by atoms with E-state index in [0.717, 1.165) is 0 Å². The quantitative estimate of drug-likeness (QED) is 0.837. The number of piperidine rings is 1. The molecule has 120 valence electrons. The summed E-state index contributed by atoms with van der Waals surface area (Å²) in [5.41, 5.74) is 0. The second kappa shape index (κ2) is 6.21. The van der Waals surface area contributed by atoms with Crippen molar-refractivity contribution in [2.24, 2.45) is 0 Å². The van der Waals surface area contributed by atoms with Gasteiger partial charge in [-0.05, 0) is 31.4 Å². The van der Waals surface area contributed by atoms with Crippen molar-refractivity contribution in [2.75, 3.05) is 18.8 Å². The molecule has 0 bridgehead atoms. The lowest BCUT2D eigenvalue weighted by Crippen LogP contribution is -2.39. The molecule has 2 aromatic rings. The first kappa shape index (κ1) is 15.2. The molecule has 0 amide bonds. The molecule has 0 saturated carbocycles. The van der Waals surface area contributed by atoms with Crippen molar-refractivity contribution in [1.82, 2.24) is 14.5 Å². The van der Waals surface area contributed by atoms with Gasteiger partial charge in [-0.15, -0.1) is 10.2 Å². The molecule has 2 aromatic heterocycles. The molecule has 7 nitrogen and oxygen atoms in total. The van der Waals surface area contributed by atoms with E-state index in [9.17, 15) is 8.42 Å². The highest BCUT2D eigenvalue weighted by Gasteiger charge is 2.30. The van der Waals surface area contributed by atoms with E-state index < -0.39 is 10.0 Å². The largest absolute Gasteiger partial charge is 0.459 e. The Balaban J connectivity index is 1.65. The van der Waals surface area contributed by atoms with Crippen LogP contribution < -0.4 is 0 Å². The highest BCUT2D eigenvalue weighted by molar-refractivity contribution is 7.89. The lowest BCUT2D eigenvalue weighted by atomic mass is 9.98. The Hall–Kier alpha value is -1.67. The van der Waals surface area contributed by atoms with E-state index >= 15 is 0 Å². The lowest BCUT2D eigenvalue weighted by Gasteiger charge is -2.29. The van der Waals surface area contributed by atoms with Gasteiger partial charge >= 0.3 is 0 Å². The molecule has 0 atom stereocenters. The maximum Gasteiger partial charge on any atom is 0.283 e. The average molecular weight is 325 g/mol. The van der Waals surface area contributed by atoms with Gasteiger partial charge < -0.3 is 8.83 Å². The minimum Gasteiger partial charge on any atom is -0.459 e. The van der Waals surface area contributed by atoms with E-state index in [0.29, 0.717) is 49.9 Å². The maximum atomic E-state index is 12.1. The van der Waals surface area contributed by atoms with E-state index in [-0.39, 0.29) is 11.7 Å². The van der Waals surface area contributed by atoms with Crippen LogP contribution in [-0.4, -0.2) is 41.8 Å². The zero-order chi connectivity index (χ0) is 15.6. The normalized spacial score (nSPS) is 17.9. The van der Waals surface area contributed by atoms with Crippen molar-refractivity contribution in [3.8, 4) is 11.7 Å². The van der Waals surface area contributed by atoms with Crippen LogP contribution in [0.3, 0.4) is 0 Å². The summed E-state index contributed by atoms with van der Waals surface area (Å²) < 4.78 is 36.5. The summed E-state index contributed by atoms with van der Waals surface area (Å²) in [4.78, 5) is 0. The predicted molar refractivity (Wildman–Crippen MR) is 79.6 cm³/mol. The fourth-order valence-corrected chi connectivity index (χ4v) is 4.21. The lowest BCUT2D eigenvalue weighted by molar-refractivity contribution is 0.290. The van der Waals surface area contributed by atoms with Crippen molar-refractivity contribution in [3.63, 3.8) is 0 Å². The Labute approximate surface area is 129 Å². The van der Waals surface area contributed by atoms with Gasteiger partial charge in [-0.25, -0.2) is 12.7 Å². The second-order valence-electron chi connectivity index (χ2n) is 5.41. The summed E-state index contributed by atoms with van der Waals surface area (Å²) >= 11 is 0. The van der Waals surface area contributed by atoms with Gasteiger partial charge in [0, 0.05) is 19.0 Å². The van der Waals surface area contributed by atoms with Gasteiger partial charge in [-0.3, -0.25) is 0 Å². The standard InChI is InChI=1S/C14H19N3O4S/c1-2-10-22(18,19)17-7-5-11(6-8-17)13-15-16-14(21-13)12-4-3-9-20-12/h3-4,9,11H,2,5-8,10H2,1H3. The van der Waals surface area contributed by atoms with E-state index in [4.69, 9.17) is 8.83 Å². The minimum atomic E-state index is -3.12. The molecule has 0 spiro atoms. The highest BCUT2D eigenvalue weighted by atomic mass is 32.2. The Morgan fingerprint density at radius 1 is 1.32 bits per heavy atom. The van der Waals surface area contributed by atoms with Crippen molar-refractivity contribution in [3.05, 3.63) is 24.3 Å². The van der Waals surface area contributed by atoms with E-state index in [1.165, 1.54) is 0 Å². The fraction of sp³-hybridized carbons (Fsp3) is 0.571. The highest BCUT2D eigenvalue weighted by Crippen LogP contribution is 2.30. The summed E-state index contributed by atoms with van der Waals surface area (Å²) in [5, 5.41) is 8.06. The third kappa shape index (κ3) is 3.07. The molecule has 0 N–H and O–H groups in total. The summed E-state index contributed by atoms with van der Waals surface area (Å²) in [6.45, 7) is 2.88. The van der Waals surface area contributed by atoms with E-state index in [1.807, 2.05) is 6.92 Å². The zero-order valence-corrected chi connectivity index (χ0v) is 13.3. The molecule has 1 saturated heterocycles. The van der Waals surface area contributed by atoms with Crippen LogP contribution in [0.4, 0.5) is 0 Å². The van der Waals surface area contributed by atoms with Gasteiger partial charge in [0.05, 0.1) is 12.0 Å². The van der Waals surface area contributed by atoms with Crippen LogP contribution in [0, 0.1) is 0 Å². The molecule has 1 fully saturated rings. The molecule has 0 aromatic carbocycles. The number of hydrogen-bond donors (Lipinski definition) is 0. The van der Waals surface area contributed by atoms with Crippen molar-refractivity contribution in [1.29, 1.82) is 0 Å².